The van der Waals surface area contributed by atoms with Crippen molar-refractivity contribution >= 4 is 5.69 Å². The topological polar surface area (TPSA) is 43.4 Å². The van der Waals surface area contributed by atoms with Crippen LogP contribution in [0.3, 0.4) is 0 Å². The van der Waals surface area contributed by atoms with Gasteiger partial charge < -0.3 is 23.8 Å². The highest BCUT2D eigenvalue weighted by atomic mass is 16.5. The lowest BCUT2D eigenvalue weighted by molar-refractivity contribution is 0.0679. The zero-order valence-electron chi connectivity index (χ0n) is 18.7. The van der Waals surface area contributed by atoms with Crippen molar-refractivity contribution in [2.45, 2.75) is 32.0 Å². The Kier molecular flexibility index (Phi) is 7.67. The van der Waals surface area contributed by atoms with Crippen molar-refractivity contribution in [2.75, 3.05) is 58.6 Å². The molecule has 2 aromatic rings. The predicted octanol–water partition coefficient (Wildman–Crippen LogP) is 3.72. The fourth-order valence-corrected chi connectivity index (χ4v) is 4.39. The van der Waals surface area contributed by atoms with E-state index in [1.807, 2.05) is 6.07 Å². The maximum atomic E-state index is 5.93. The molecule has 0 saturated carbocycles. The van der Waals surface area contributed by atoms with E-state index in [1.165, 1.54) is 16.8 Å². The first kappa shape index (κ1) is 21.9. The second-order valence-electron chi connectivity index (χ2n) is 8.26. The van der Waals surface area contributed by atoms with Gasteiger partial charge in [-0.2, -0.15) is 0 Å². The van der Waals surface area contributed by atoms with Crippen LogP contribution in [0.5, 0.6) is 11.5 Å². The zero-order valence-corrected chi connectivity index (χ0v) is 18.7. The van der Waals surface area contributed by atoms with E-state index < -0.39 is 0 Å². The third-order valence-corrected chi connectivity index (χ3v) is 6.06. The SMILES string of the molecule is COc1ccc(CN(Cc2ccc(N3CCOCC3)cc2)C[C@H]2CCCO2)cc1OC. The van der Waals surface area contributed by atoms with Gasteiger partial charge in [-0.1, -0.05) is 18.2 Å². The third-order valence-electron chi connectivity index (χ3n) is 6.06. The molecule has 2 heterocycles. The molecule has 2 aliphatic rings. The minimum absolute atomic E-state index is 0.313. The normalized spacial score (nSPS) is 19.1. The smallest absolute Gasteiger partial charge is 0.161 e. The van der Waals surface area contributed by atoms with Gasteiger partial charge in [0.2, 0.25) is 0 Å². The van der Waals surface area contributed by atoms with Gasteiger partial charge in [0.1, 0.15) is 0 Å². The maximum Gasteiger partial charge on any atom is 0.161 e. The summed E-state index contributed by atoms with van der Waals surface area (Å²) in [6, 6.07) is 15.1. The van der Waals surface area contributed by atoms with Crippen LogP contribution in [0, 0.1) is 0 Å². The molecule has 1 atom stereocenters. The van der Waals surface area contributed by atoms with Gasteiger partial charge in [0, 0.05) is 45.0 Å². The lowest BCUT2D eigenvalue weighted by atomic mass is 10.1. The number of hydrogen-bond donors (Lipinski definition) is 0. The fraction of sp³-hybridized carbons (Fsp3) is 0.520. The summed E-state index contributed by atoms with van der Waals surface area (Å²) in [4.78, 5) is 4.86. The van der Waals surface area contributed by atoms with E-state index in [-0.39, 0.29) is 0 Å². The molecule has 0 bridgehead atoms. The molecule has 0 aromatic heterocycles. The van der Waals surface area contributed by atoms with E-state index in [1.54, 1.807) is 14.2 Å². The molecular weight excluding hydrogens is 392 g/mol. The van der Waals surface area contributed by atoms with Gasteiger partial charge in [-0.05, 0) is 48.2 Å². The van der Waals surface area contributed by atoms with Crippen molar-refractivity contribution in [3.05, 3.63) is 53.6 Å². The summed E-state index contributed by atoms with van der Waals surface area (Å²) in [6.07, 6.45) is 2.61. The molecule has 31 heavy (non-hydrogen) atoms. The van der Waals surface area contributed by atoms with Gasteiger partial charge in [-0.15, -0.1) is 0 Å². The number of nitrogens with zero attached hydrogens (tertiary/aromatic N) is 2. The second kappa shape index (κ2) is 10.8. The monoisotopic (exact) mass is 426 g/mol. The summed E-state index contributed by atoms with van der Waals surface area (Å²) in [5, 5.41) is 0. The largest absolute Gasteiger partial charge is 0.493 e. The summed E-state index contributed by atoms with van der Waals surface area (Å²) in [5.74, 6) is 1.53. The van der Waals surface area contributed by atoms with Crippen LogP contribution in [0.15, 0.2) is 42.5 Å². The number of hydrogen-bond acceptors (Lipinski definition) is 6. The fourth-order valence-electron chi connectivity index (χ4n) is 4.39. The highest BCUT2D eigenvalue weighted by Gasteiger charge is 2.20. The van der Waals surface area contributed by atoms with E-state index in [9.17, 15) is 0 Å². The Morgan fingerprint density at radius 3 is 2.29 bits per heavy atom. The summed E-state index contributed by atoms with van der Waals surface area (Å²) < 4.78 is 22.3. The molecule has 6 nitrogen and oxygen atoms in total. The van der Waals surface area contributed by atoms with Crippen LogP contribution in [0.2, 0.25) is 0 Å². The molecule has 2 aromatic carbocycles. The minimum Gasteiger partial charge on any atom is -0.493 e. The summed E-state index contributed by atoms with van der Waals surface area (Å²) in [7, 11) is 3.35. The molecule has 0 amide bonds. The molecule has 2 saturated heterocycles. The average Bonchev–Trinajstić information content (AvgIpc) is 3.33. The molecular formula is C25H34N2O4. The molecule has 4 rings (SSSR count). The molecule has 6 heteroatoms. The van der Waals surface area contributed by atoms with Gasteiger partial charge in [-0.3, -0.25) is 4.90 Å². The minimum atomic E-state index is 0.313. The van der Waals surface area contributed by atoms with Crippen molar-refractivity contribution in [3.8, 4) is 11.5 Å². The average molecular weight is 427 g/mol. The van der Waals surface area contributed by atoms with E-state index in [2.05, 4.69) is 46.2 Å². The van der Waals surface area contributed by atoms with E-state index in [4.69, 9.17) is 18.9 Å². The Hall–Kier alpha value is -2.28. The first-order valence-electron chi connectivity index (χ1n) is 11.2. The molecule has 0 N–H and O–H groups in total. The standard InChI is InChI=1S/C25H34N2O4/c1-28-24-10-7-21(16-25(24)29-2)18-26(19-23-4-3-13-31-23)17-20-5-8-22(9-6-20)27-11-14-30-15-12-27/h5-10,16,23H,3-4,11-15,17-19H2,1-2H3/t23-/m1/s1. The van der Waals surface area contributed by atoms with Crippen molar-refractivity contribution in [2.24, 2.45) is 0 Å². The Bertz CT molecular complexity index is 815. The number of benzene rings is 2. The van der Waals surface area contributed by atoms with Gasteiger partial charge in [0.15, 0.2) is 11.5 Å². The highest BCUT2D eigenvalue weighted by Crippen LogP contribution is 2.29. The molecule has 0 aliphatic carbocycles. The van der Waals surface area contributed by atoms with Gasteiger partial charge >= 0.3 is 0 Å². The quantitative estimate of drug-likeness (QED) is 0.609. The Labute approximate surface area is 185 Å². The summed E-state index contributed by atoms with van der Waals surface area (Å²) in [5.41, 5.74) is 3.80. The Morgan fingerprint density at radius 2 is 1.61 bits per heavy atom. The van der Waals surface area contributed by atoms with E-state index >= 15 is 0 Å². The molecule has 0 spiro atoms. The van der Waals surface area contributed by atoms with Gasteiger partial charge in [0.25, 0.3) is 0 Å². The maximum absolute atomic E-state index is 5.93. The van der Waals surface area contributed by atoms with E-state index in [0.29, 0.717) is 6.10 Å². The second-order valence-corrected chi connectivity index (χ2v) is 8.26. The van der Waals surface area contributed by atoms with Gasteiger partial charge in [-0.25, -0.2) is 0 Å². The first-order chi connectivity index (χ1) is 15.2. The number of morpholine rings is 1. The van der Waals surface area contributed by atoms with E-state index in [0.717, 1.165) is 76.9 Å². The molecule has 2 fully saturated rings. The molecule has 168 valence electrons. The lowest BCUT2D eigenvalue weighted by Crippen LogP contribution is -2.36. The summed E-state index contributed by atoms with van der Waals surface area (Å²) >= 11 is 0. The van der Waals surface area contributed by atoms with Crippen LogP contribution < -0.4 is 14.4 Å². The van der Waals surface area contributed by atoms with Crippen molar-refractivity contribution in [1.29, 1.82) is 0 Å². The van der Waals surface area contributed by atoms with Crippen molar-refractivity contribution in [3.63, 3.8) is 0 Å². The first-order valence-corrected chi connectivity index (χ1v) is 11.2. The van der Waals surface area contributed by atoms with Gasteiger partial charge in [0.05, 0.1) is 33.5 Å². The number of methoxy groups -OCH3 is 2. The molecule has 2 aliphatic heterocycles. The lowest BCUT2D eigenvalue weighted by Gasteiger charge is -2.29. The van der Waals surface area contributed by atoms with Crippen LogP contribution in [0.1, 0.15) is 24.0 Å². The highest BCUT2D eigenvalue weighted by molar-refractivity contribution is 5.48. The number of ether oxygens (including phenoxy) is 4. The summed E-state index contributed by atoms with van der Waals surface area (Å²) in [6.45, 7) is 7.07. The number of anilines is 1. The van der Waals surface area contributed by atoms with Crippen LogP contribution in [-0.4, -0.2) is 64.7 Å². The Morgan fingerprint density at radius 1 is 0.903 bits per heavy atom. The zero-order chi connectivity index (χ0) is 21.5. The van der Waals surface area contributed by atoms with Crippen molar-refractivity contribution in [1.82, 2.24) is 4.90 Å². The van der Waals surface area contributed by atoms with Crippen molar-refractivity contribution < 1.29 is 18.9 Å². The Balaban J connectivity index is 1.45. The van der Waals surface area contributed by atoms with Crippen LogP contribution in [0.4, 0.5) is 5.69 Å². The predicted molar refractivity (Wildman–Crippen MR) is 122 cm³/mol. The van der Waals surface area contributed by atoms with Crippen LogP contribution >= 0.6 is 0 Å². The van der Waals surface area contributed by atoms with Crippen LogP contribution in [0.25, 0.3) is 0 Å². The molecule has 0 radical (unpaired) electrons. The third kappa shape index (κ3) is 5.91. The number of rotatable bonds is 9. The molecule has 0 unspecified atom stereocenters. The van der Waals surface area contributed by atoms with Crippen LogP contribution in [-0.2, 0) is 22.6 Å².